The molecular formula is C33H45NO11. The molecule has 12 heteroatoms. The monoisotopic (exact) mass is 631 g/mol. The van der Waals surface area contributed by atoms with E-state index in [2.05, 4.69) is 4.90 Å². The summed E-state index contributed by atoms with van der Waals surface area (Å²) >= 11 is 0. The average Bonchev–Trinajstić information content (AvgIpc) is 3.40. The summed E-state index contributed by atoms with van der Waals surface area (Å²) in [4.78, 5) is 29.1. The van der Waals surface area contributed by atoms with Crippen molar-refractivity contribution < 1.29 is 53.3 Å². The standard InChI is InChI=1S/C33H45NO11/c1-16(35)45-33-21-18(13-31(39,28(43-6)26(33)37)27(21)44-29(38)17-10-8-7-9-11-17)32-20(41-4)12-19(36)30(15-40-3)14-34(2)25(32)22(33)23(42-5)24(30)32/h7-11,18-28,36-37,39H,12-15H2,1-6H3/t18-,19-,20+,21?,22+,23+,24-,25?,26+,27?,28+,30+,31-,32+,33-/m1/s1. The number of likely N-dealkylation sites (tertiary alicyclic amines) is 1. The van der Waals surface area contributed by atoms with E-state index in [-0.39, 0.29) is 25.0 Å². The summed E-state index contributed by atoms with van der Waals surface area (Å²) in [5.74, 6) is -3.66. The second-order valence-electron chi connectivity index (χ2n) is 14.3. The van der Waals surface area contributed by atoms with Crippen LogP contribution in [0.5, 0.6) is 0 Å². The second-order valence-corrected chi connectivity index (χ2v) is 14.3. The summed E-state index contributed by atoms with van der Waals surface area (Å²) in [7, 11) is 8.20. The Balaban J connectivity index is 1.52. The molecule has 1 saturated heterocycles. The fraction of sp³-hybridized carbons (Fsp3) is 0.758. The molecule has 0 amide bonds. The zero-order valence-electron chi connectivity index (χ0n) is 26.6. The zero-order chi connectivity index (χ0) is 32.3. The lowest BCUT2D eigenvalue weighted by atomic mass is 9.42. The van der Waals surface area contributed by atoms with Crippen molar-refractivity contribution in [3.8, 4) is 0 Å². The van der Waals surface area contributed by atoms with E-state index in [1.165, 1.54) is 14.0 Å². The van der Waals surface area contributed by atoms with Gasteiger partial charge in [-0.2, -0.15) is 0 Å². The van der Waals surface area contributed by atoms with Gasteiger partial charge in [0.2, 0.25) is 0 Å². The van der Waals surface area contributed by atoms with Crippen molar-refractivity contribution in [1.29, 1.82) is 0 Å². The zero-order valence-corrected chi connectivity index (χ0v) is 26.6. The van der Waals surface area contributed by atoms with Gasteiger partial charge in [-0.3, -0.25) is 4.79 Å². The van der Waals surface area contributed by atoms with E-state index < -0.39 is 88.3 Å². The number of esters is 2. The molecule has 1 aromatic carbocycles. The van der Waals surface area contributed by atoms with Gasteiger partial charge in [0.05, 0.1) is 30.5 Å². The molecule has 5 aliphatic carbocycles. The van der Waals surface area contributed by atoms with Crippen molar-refractivity contribution in [1.82, 2.24) is 4.90 Å². The van der Waals surface area contributed by atoms with Crippen LogP contribution in [0.15, 0.2) is 30.3 Å². The van der Waals surface area contributed by atoms with E-state index in [4.69, 9.17) is 28.4 Å². The van der Waals surface area contributed by atoms with E-state index in [0.717, 1.165) is 0 Å². The minimum absolute atomic E-state index is 0.0754. The van der Waals surface area contributed by atoms with Gasteiger partial charge in [0.25, 0.3) is 0 Å². The predicted molar refractivity (Wildman–Crippen MR) is 156 cm³/mol. The Bertz CT molecular complexity index is 1350. The lowest BCUT2D eigenvalue weighted by Crippen LogP contribution is -2.81. The van der Waals surface area contributed by atoms with Crippen molar-refractivity contribution in [2.45, 2.75) is 73.6 Å². The number of ether oxygens (including phenoxy) is 6. The predicted octanol–water partition coefficient (Wildman–Crippen LogP) is 0.258. The van der Waals surface area contributed by atoms with Crippen molar-refractivity contribution in [3.63, 3.8) is 0 Å². The molecule has 7 rings (SSSR count). The number of rotatable bonds is 8. The molecule has 0 radical (unpaired) electrons. The van der Waals surface area contributed by atoms with E-state index >= 15 is 0 Å². The molecule has 248 valence electrons. The number of carbonyl (C=O) groups excluding carboxylic acids is 2. The highest BCUT2D eigenvalue weighted by molar-refractivity contribution is 5.89. The number of hydrogen-bond donors (Lipinski definition) is 3. The first-order chi connectivity index (χ1) is 21.4. The van der Waals surface area contributed by atoms with Gasteiger partial charge in [-0.1, -0.05) is 18.2 Å². The highest BCUT2D eigenvalue weighted by atomic mass is 16.6. The van der Waals surface area contributed by atoms with Crippen LogP contribution in [0.25, 0.3) is 0 Å². The highest BCUT2D eigenvalue weighted by Crippen LogP contribution is 2.80. The fourth-order valence-corrected chi connectivity index (χ4v) is 12.2. The molecule has 1 heterocycles. The number of fused-ring (bicyclic) bond motifs is 2. The van der Waals surface area contributed by atoms with Gasteiger partial charge in [-0.05, 0) is 31.5 Å². The number of nitrogens with zero attached hydrogens (tertiary/aromatic N) is 1. The molecule has 7 bridgehead atoms. The number of benzene rings is 1. The Hall–Kier alpha value is -2.16. The van der Waals surface area contributed by atoms with E-state index in [1.54, 1.807) is 51.7 Å². The molecule has 3 unspecified atom stereocenters. The van der Waals surface area contributed by atoms with Crippen LogP contribution in [-0.2, 0) is 33.2 Å². The van der Waals surface area contributed by atoms with E-state index in [9.17, 15) is 24.9 Å². The SMILES string of the molecule is COC[C@]12CN(C)C3[C@@H]4[C@H](OC)[C@H]1[C@@]3([C@@H](OC)C[C@H]2O)[C@@H]1C[C@@]2(O)C(OC(=O)c3ccccc3)C1[C@]4(OC(C)=O)[C@@H](O)[C@@H]2OC. The first-order valence-corrected chi connectivity index (χ1v) is 15.8. The normalized spacial score (nSPS) is 50.7. The van der Waals surface area contributed by atoms with Crippen LogP contribution in [0.3, 0.4) is 0 Å². The Morgan fingerprint density at radius 2 is 1.71 bits per heavy atom. The first-order valence-electron chi connectivity index (χ1n) is 15.8. The Labute approximate surface area is 262 Å². The fourth-order valence-electron chi connectivity index (χ4n) is 12.2. The van der Waals surface area contributed by atoms with Crippen molar-refractivity contribution in [3.05, 3.63) is 35.9 Å². The number of aliphatic hydroxyl groups excluding tert-OH is 2. The number of hydrogen-bond acceptors (Lipinski definition) is 12. The van der Waals surface area contributed by atoms with Crippen LogP contribution in [0.4, 0.5) is 0 Å². The Morgan fingerprint density at radius 1 is 1.00 bits per heavy atom. The largest absolute Gasteiger partial charge is 0.455 e. The summed E-state index contributed by atoms with van der Waals surface area (Å²) in [5.41, 5.74) is -4.79. The maximum atomic E-state index is 13.7. The summed E-state index contributed by atoms with van der Waals surface area (Å²) in [6.07, 6.45) is -5.50. The number of aliphatic hydroxyl groups is 3. The molecule has 15 atom stereocenters. The summed E-state index contributed by atoms with van der Waals surface area (Å²) in [6, 6.07) is 8.15. The van der Waals surface area contributed by atoms with Crippen LogP contribution in [-0.4, -0.2) is 135 Å². The minimum Gasteiger partial charge on any atom is -0.455 e. The summed E-state index contributed by atoms with van der Waals surface area (Å²) < 4.78 is 37.2. The molecule has 45 heavy (non-hydrogen) atoms. The second kappa shape index (κ2) is 10.4. The number of piperidine rings is 1. The van der Waals surface area contributed by atoms with Crippen LogP contribution < -0.4 is 0 Å². The van der Waals surface area contributed by atoms with Gasteiger partial charge in [0.1, 0.15) is 23.9 Å². The molecule has 12 nitrogen and oxygen atoms in total. The molecule has 5 saturated carbocycles. The molecule has 1 aromatic rings. The topological polar surface area (TPSA) is 153 Å². The van der Waals surface area contributed by atoms with Gasteiger partial charge in [0, 0.05) is 83.0 Å². The van der Waals surface area contributed by atoms with Crippen LogP contribution in [0.2, 0.25) is 0 Å². The van der Waals surface area contributed by atoms with Gasteiger partial charge in [0.15, 0.2) is 5.60 Å². The van der Waals surface area contributed by atoms with Crippen LogP contribution >= 0.6 is 0 Å². The van der Waals surface area contributed by atoms with Gasteiger partial charge >= 0.3 is 11.9 Å². The van der Waals surface area contributed by atoms with Crippen molar-refractivity contribution >= 4 is 11.9 Å². The first kappa shape index (κ1) is 31.4. The number of methoxy groups -OCH3 is 4. The molecule has 6 fully saturated rings. The molecule has 0 aromatic heterocycles. The van der Waals surface area contributed by atoms with E-state index in [0.29, 0.717) is 18.5 Å². The third kappa shape index (κ3) is 3.55. The Morgan fingerprint density at radius 3 is 2.31 bits per heavy atom. The maximum Gasteiger partial charge on any atom is 0.338 e. The Kier molecular flexibility index (Phi) is 7.28. The van der Waals surface area contributed by atoms with Gasteiger partial charge in [-0.15, -0.1) is 0 Å². The molecule has 6 aliphatic rings. The lowest BCUT2D eigenvalue weighted by molar-refractivity contribution is -0.321. The van der Waals surface area contributed by atoms with Crippen molar-refractivity contribution in [2.75, 3.05) is 48.6 Å². The quantitative estimate of drug-likeness (QED) is 0.337. The summed E-state index contributed by atoms with van der Waals surface area (Å²) in [5, 5.41) is 37.0. The lowest BCUT2D eigenvalue weighted by Gasteiger charge is -2.70. The van der Waals surface area contributed by atoms with Gasteiger partial charge in [-0.25, -0.2) is 4.79 Å². The molecule has 1 spiro atoms. The third-order valence-electron chi connectivity index (χ3n) is 12.9. The highest BCUT2D eigenvalue weighted by Gasteiger charge is 2.92. The van der Waals surface area contributed by atoms with Crippen molar-refractivity contribution in [2.24, 2.45) is 34.5 Å². The smallest absolute Gasteiger partial charge is 0.338 e. The molecule has 1 aliphatic heterocycles. The average molecular weight is 632 g/mol. The maximum absolute atomic E-state index is 13.7. The molecule has 3 N–H and O–H groups in total. The number of carbonyl (C=O) groups is 2. The third-order valence-corrected chi connectivity index (χ3v) is 12.9. The van der Waals surface area contributed by atoms with E-state index in [1.807, 2.05) is 7.05 Å². The summed E-state index contributed by atoms with van der Waals surface area (Å²) in [6.45, 7) is 2.00. The van der Waals surface area contributed by atoms with Crippen LogP contribution in [0.1, 0.15) is 30.1 Å². The molecular weight excluding hydrogens is 586 g/mol. The van der Waals surface area contributed by atoms with Crippen LogP contribution in [0, 0.1) is 34.5 Å². The minimum atomic E-state index is -1.83. The van der Waals surface area contributed by atoms with Gasteiger partial charge < -0.3 is 48.6 Å².